The first-order chi connectivity index (χ1) is 30.3. The maximum absolute atomic E-state index is 11.5. The van der Waals surface area contributed by atoms with Crippen LogP contribution in [0.3, 0.4) is 0 Å². The minimum Gasteiger partial charge on any atom is -0.463 e. The van der Waals surface area contributed by atoms with Crippen LogP contribution in [0.15, 0.2) is 0 Å². The summed E-state index contributed by atoms with van der Waals surface area (Å²) in [7, 11) is 0. The molecule has 0 aliphatic carbocycles. The number of esters is 3. The van der Waals surface area contributed by atoms with Crippen molar-refractivity contribution >= 4 is 35.6 Å². The molecular formula is C56H117NO11S. The Hall–Kier alpha value is -1.93. The second-order valence-corrected chi connectivity index (χ2v) is 26.4. The molecule has 0 aromatic heterocycles. The average Bonchev–Trinajstić information content (AvgIpc) is 3.10. The topological polar surface area (TPSA) is 156 Å². The van der Waals surface area contributed by atoms with Crippen LogP contribution < -0.4 is 5.32 Å². The second kappa shape index (κ2) is 39.6. The Balaban J connectivity index is -0.000000180. The van der Waals surface area contributed by atoms with Crippen LogP contribution in [-0.2, 0) is 47.6 Å². The van der Waals surface area contributed by atoms with Crippen molar-refractivity contribution < 1.29 is 52.7 Å². The van der Waals surface area contributed by atoms with Crippen LogP contribution in [0.5, 0.6) is 0 Å². The van der Waals surface area contributed by atoms with Gasteiger partial charge in [-0.1, -0.05) is 111 Å². The van der Waals surface area contributed by atoms with Crippen molar-refractivity contribution in [3.05, 3.63) is 0 Å². The van der Waals surface area contributed by atoms with Crippen molar-refractivity contribution in [3.63, 3.8) is 0 Å². The lowest BCUT2D eigenvalue weighted by Crippen LogP contribution is -2.35. The Bertz CT molecular complexity index is 1200. The number of thioether (sulfide) groups is 1. The van der Waals surface area contributed by atoms with Gasteiger partial charge in [-0.3, -0.25) is 19.2 Å². The van der Waals surface area contributed by atoms with Gasteiger partial charge in [0, 0.05) is 31.9 Å². The Kier molecular flexibility index (Phi) is 45.0. The lowest BCUT2D eigenvalue weighted by molar-refractivity contribution is -0.189. The first-order valence-electron chi connectivity index (χ1n) is 25.4. The van der Waals surface area contributed by atoms with E-state index in [2.05, 4.69) is 58.6 Å². The van der Waals surface area contributed by atoms with E-state index in [4.69, 9.17) is 28.4 Å². The van der Waals surface area contributed by atoms with Gasteiger partial charge in [0.2, 0.25) is 12.2 Å². The zero-order chi connectivity index (χ0) is 54.9. The minimum absolute atomic E-state index is 0. The smallest absolute Gasteiger partial charge is 0.311 e. The van der Waals surface area contributed by atoms with Gasteiger partial charge in [0.25, 0.3) is 0 Å². The summed E-state index contributed by atoms with van der Waals surface area (Å²) >= 11 is 2.13. The number of carbonyl (C=O) groups is 4. The van der Waals surface area contributed by atoms with Crippen LogP contribution in [-0.4, -0.2) is 102 Å². The molecular weight excluding hydrogens is 895 g/mol. The van der Waals surface area contributed by atoms with Gasteiger partial charge in [0.15, 0.2) is 0 Å². The molecule has 0 spiro atoms. The SMILES string of the molecule is C.CC(C)(C)CCCSCCCC(C)(C)C.CC(C)(C)OCC(O)COC(C)(C)C.CC(C)(C)OCCCNC(=O)C(C)(C)C.CC(C)CC(=O)OC(C)C.CC(OC(=O)C(C)C)OC(=O)C(C)C. The van der Waals surface area contributed by atoms with Crippen molar-refractivity contribution in [3.8, 4) is 0 Å². The van der Waals surface area contributed by atoms with Crippen LogP contribution in [0.25, 0.3) is 0 Å². The molecule has 0 heterocycles. The summed E-state index contributed by atoms with van der Waals surface area (Å²) in [5.74, 6) is 1.94. The Morgan fingerprint density at radius 3 is 1.17 bits per heavy atom. The van der Waals surface area contributed by atoms with E-state index in [1.807, 2.05) is 111 Å². The van der Waals surface area contributed by atoms with Crippen molar-refractivity contribution in [2.45, 2.75) is 268 Å². The van der Waals surface area contributed by atoms with Crippen LogP contribution in [0.2, 0.25) is 0 Å². The lowest BCUT2D eigenvalue weighted by Gasteiger charge is -2.25. The number of nitrogens with one attached hydrogen (secondary N) is 1. The van der Waals surface area contributed by atoms with E-state index in [0.29, 0.717) is 49.5 Å². The Morgan fingerprint density at radius 2 is 0.899 bits per heavy atom. The van der Waals surface area contributed by atoms with E-state index in [-0.39, 0.29) is 71.4 Å². The molecule has 13 heteroatoms. The van der Waals surface area contributed by atoms with Crippen molar-refractivity contribution in [2.75, 3.05) is 37.9 Å². The number of hydrogen-bond donors (Lipinski definition) is 2. The first-order valence-corrected chi connectivity index (χ1v) is 26.5. The molecule has 0 aliphatic heterocycles. The highest BCUT2D eigenvalue weighted by molar-refractivity contribution is 7.99. The maximum Gasteiger partial charge on any atom is 0.311 e. The zero-order valence-corrected chi connectivity index (χ0v) is 50.2. The van der Waals surface area contributed by atoms with Crippen LogP contribution in [0.4, 0.5) is 0 Å². The second-order valence-electron chi connectivity index (χ2n) is 25.1. The van der Waals surface area contributed by atoms with E-state index in [1.165, 1.54) is 44.1 Å². The molecule has 1 amide bonds. The molecule has 0 aromatic rings. The fourth-order valence-corrected chi connectivity index (χ4v) is 5.34. The highest BCUT2D eigenvalue weighted by Crippen LogP contribution is 2.24. The van der Waals surface area contributed by atoms with Crippen molar-refractivity contribution in [1.29, 1.82) is 0 Å². The number of ether oxygens (including phenoxy) is 6. The zero-order valence-electron chi connectivity index (χ0n) is 49.4. The molecule has 0 rings (SSSR count). The molecule has 12 nitrogen and oxygen atoms in total. The fraction of sp³-hybridized carbons (Fsp3) is 0.929. The minimum atomic E-state index is -0.806. The number of aliphatic hydroxyl groups excluding tert-OH is 1. The highest BCUT2D eigenvalue weighted by atomic mass is 32.2. The van der Waals surface area contributed by atoms with Crippen molar-refractivity contribution in [2.24, 2.45) is 34.0 Å². The molecule has 0 aromatic carbocycles. The normalized spacial score (nSPS) is 12.1. The van der Waals surface area contributed by atoms with Gasteiger partial charge in [0.05, 0.1) is 48.0 Å². The average molecular weight is 1010 g/mol. The third kappa shape index (κ3) is 72.7. The highest BCUT2D eigenvalue weighted by Gasteiger charge is 2.21. The van der Waals surface area contributed by atoms with E-state index in [1.54, 1.807) is 27.7 Å². The lowest BCUT2D eigenvalue weighted by atomic mass is 9.91. The van der Waals surface area contributed by atoms with Gasteiger partial charge in [-0.05, 0) is 137 Å². The summed E-state index contributed by atoms with van der Waals surface area (Å²) < 4.78 is 31.0. The summed E-state index contributed by atoms with van der Waals surface area (Å²) in [4.78, 5) is 44.5. The summed E-state index contributed by atoms with van der Waals surface area (Å²) in [6.07, 6.45) is 5.53. The molecule has 0 atom stereocenters. The van der Waals surface area contributed by atoms with E-state index in [9.17, 15) is 24.3 Å². The van der Waals surface area contributed by atoms with E-state index in [0.717, 1.165) is 6.42 Å². The number of carbonyl (C=O) groups excluding carboxylic acids is 4. The van der Waals surface area contributed by atoms with Gasteiger partial charge in [0.1, 0.15) is 6.10 Å². The summed E-state index contributed by atoms with van der Waals surface area (Å²) in [5, 5.41) is 12.4. The first kappa shape index (κ1) is 78.5. The van der Waals surface area contributed by atoms with Gasteiger partial charge in [-0.15, -0.1) is 0 Å². The molecule has 69 heavy (non-hydrogen) atoms. The Morgan fingerprint density at radius 1 is 0.536 bits per heavy atom. The maximum atomic E-state index is 11.5. The Labute approximate surface area is 432 Å². The van der Waals surface area contributed by atoms with Gasteiger partial charge < -0.3 is 38.8 Å². The van der Waals surface area contributed by atoms with Gasteiger partial charge in [-0.25, -0.2) is 0 Å². The van der Waals surface area contributed by atoms with Crippen LogP contribution in [0, 0.1) is 34.0 Å². The number of hydrogen-bond acceptors (Lipinski definition) is 12. The molecule has 0 aliphatic rings. The van der Waals surface area contributed by atoms with Crippen molar-refractivity contribution in [1.82, 2.24) is 5.32 Å². The monoisotopic (exact) mass is 1010 g/mol. The van der Waals surface area contributed by atoms with Gasteiger partial charge >= 0.3 is 17.9 Å². The predicted molar refractivity (Wildman–Crippen MR) is 294 cm³/mol. The molecule has 0 saturated carbocycles. The summed E-state index contributed by atoms with van der Waals surface area (Å²) in [5.41, 5.74) is 0.238. The molecule has 0 saturated heterocycles. The quantitative estimate of drug-likeness (QED) is 0.0638. The third-order valence-electron chi connectivity index (χ3n) is 8.12. The van der Waals surface area contributed by atoms with Crippen LogP contribution in [0.1, 0.15) is 233 Å². The number of rotatable bonds is 21. The van der Waals surface area contributed by atoms with E-state index >= 15 is 0 Å². The molecule has 0 radical (unpaired) electrons. The largest absolute Gasteiger partial charge is 0.463 e. The van der Waals surface area contributed by atoms with Gasteiger partial charge in [-0.2, -0.15) is 11.8 Å². The van der Waals surface area contributed by atoms with Crippen LogP contribution >= 0.6 is 11.8 Å². The fourth-order valence-electron chi connectivity index (χ4n) is 4.44. The number of aliphatic hydroxyl groups is 1. The molecule has 0 unspecified atom stereocenters. The molecule has 0 fully saturated rings. The molecule has 2 N–H and O–H groups in total. The van der Waals surface area contributed by atoms with E-state index < -0.39 is 12.4 Å². The standard InChI is InChI=1S/C14H30S.C12H25NO2.C11H24O3.C10H18O4.C8H16O2.CH4/c1-13(2,3)9-7-11-15-12-8-10-14(4,5)6;1-11(2,3)10(14)13-8-7-9-15-12(4,5)6;1-10(2,3)13-7-9(12)8-14-11(4,5)6;1-6(2)9(11)13-8(5)14-10(12)7(3)4;1-6(2)5-8(9)10-7(3)4;/h7-12H2,1-6H3;7-9H2,1-6H3,(H,13,14);9,12H,7-8H2,1-6H3;6-8H,1-5H3;6-7H,5H2,1-4H3;1H4. The molecule has 418 valence electrons. The molecule has 0 bridgehead atoms. The summed E-state index contributed by atoms with van der Waals surface area (Å²) in [6, 6.07) is 0. The third-order valence-corrected chi connectivity index (χ3v) is 9.28. The number of amides is 1. The summed E-state index contributed by atoms with van der Waals surface area (Å²) in [6.45, 7) is 55.7. The predicted octanol–water partition coefficient (Wildman–Crippen LogP) is 14.1.